The normalized spacial score (nSPS) is 10.5. The average Bonchev–Trinajstić information content (AvgIpc) is 2.58. The minimum Gasteiger partial charge on any atom is -0.483 e. The maximum atomic E-state index is 12.1. The van der Waals surface area contributed by atoms with E-state index in [-0.39, 0.29) is 24.6 Å². The molecule has 0 atom stereocenters. The fraction of sp³-hybridized carbons (Fsp3) is 0.333. The maximum absolute atomic E-state index is 12.1. The predicted octanol–water partition coefficient (Wildman–Crippen LogP) is 4.19. The first-order valence-electron chi connectivity index (χ1n) is 8.58. The minimum absolute atomic E-state index is 0.0811. The molecule has 138 valence electrons. The summed E-state index contributed by atoms with van der Waals surface area (Å²) in [6, 6.07) is 10.6. The van der Waals surface area contributed by atoms with E-state index in [2.05, 4.69) is 5.32 Å². The second-order valence-electron chi connectivity index (χ2n) is 6.52. The molecule has 0 saturated carbocycles. The third-order valence-corrected chi connectivity index (χ3v) is 3.97. The standard InChI is InChI=1S/C21H25NO4/c1-13(2)26-21(24)17-8-10-18(11-9-17)22-19(23)12-25-20-15(4)7-6-14(3)16(20)5/h6-11,13H,12H2,1-5H3,(H,22,23). The van der Waals surface area contributed by atoms with Crippen LogP contribution in [0.15, 0.2) is 36.4 Å². The van der Waals surface area contributed by atoms with Gasteiger partial charge in [0.05, 0.1) is 11.7 Å². The third kappa shape index (κ3) is 5.09. The molecule has 0 bridgehead atoms. The predicted molar refractivity (Wildman–Crippen MR) is 102 cm³/mol. The van der Waals surface area contributed by atoms with Crippen LogP contribution in [-0.4, -0.2) is 24.6 Å². The molecule has 2 aromatic rings. The number of rotatable bonds is 6. The van der Waals surface area contributed by atoms with Crippen molar-refractivity contribution in [3.05, 3.63) is 58.7 Å². The van der Waals surface area contributed by atoms with E-state index in [1.807, 2.05) is 32.9 Å². The summed E-state index contributed by atoms with van der Waals surface area (Å²) in [6.07, 6.45) is -0.174. The summed E-state index contributed by atoms with van der Waals surface area (Å²) in [6.45, 7) is 9.45. The molecule has 0 fully saturated rings. The number of hydrogen-bond acceptors (Lipinski definition) is 4. The lowest BCUT2D eigenvalue weighted by Gasteiger charge is -2.14. The molecule has 0 aliphatic heterocycles. The molecule has 0 aromatic heterocycles. The number of aryl methyl sites for hydroxylation is 2. The maximum Gasteiger partial charge on any atom is 0.338 e. The SMILES string of the molecule is Cc1ccc(C)c(OCC(=O)Nc2ccc(C(=O)OC(C)C)cc2)c1C. The van der Waals surface area contributed by atoms with E-state index in [4.69, 9.17) is 9.47 Å². The third-order valence-electron chi connectivity index (χ3n) is 3.97. The molecule has 0 heterocycles. The second kappa shape index (κ2) is 8.52. The molecule has 0 aliphatic rings. The molecule has 1 amide bonds. The van der Waals surface area contributed by atoms with E-state index >= 15 is 0 Å². The Morgan fingerprint density at radius 2 is 1.58 bits per heavy atom. The fourth-order valence-electron chi connectivity index (χ4n) is 2.45. The lowest BCUT2D eigenvalue weighted by molar-refractivity contribution is -0.118. The van der Waals surface area contributed by atoms with Crippen molar-refractivity contribution in [1.29, 1.82) is 0 Å². The Morgan fingerprint density at radius 1 is 0.962 bits per heavy atom. The van der Waals surface area contributed by atoms with Gasteiger partial charge in [0.1, 0.15) is 5.75 Å². The molecule has 0 aliphatic carbocycles. The quantitative estimate of drug-likeness (QED) is 0.789. The van der Waals surface area contributed by atoms with Gasteiger partial charge in [0.15, 0.2) is 6.61 Å². The summed E-state index contributed by atoms with van der Waals surface area (Å²) in [5, 5.41) is 2.76. The van der Waals surface area contributed by atoms with E-state index in [9.17, 15) is 9.59 Å². The number of benzene rings is 2. The molecule has 2 rings (SSSR count). The molecule has 0 spiro atoms. The number of amides is 1. The van der Waals surface area contributed by atoms with Gasteiger partial charge in [-0.2, -0.15) is 0 Å². The largest absolute Gasteiger partial charge is 0.483 e. The number of carbonyl (C=O) groups is 2. The van der Waals surface area contributed by atoms with Crippen LogP contribution in [0.4, 0.5) is 5.69 Å². The summed E-state index contributed by atoms with van der Waals surface area (Å²) in [4.78, 5) is 23.9. The van der Waals surface area contributed by atoms with E-state index in [0.29, 0.717) is 11.3 Å². The van der Waals surface area contributed by atoms with Crippen molar-refractivity contribution in [2.45, 2.75) is 40.7 Å². The Hall–Kier alpha value is -2.82. The first kappa shape index (κ1) is 19.5. The van der Waals surface area contributed by atoms with Crippen molar-refractivity contribution in [2.24, 2.45) is 0 Å². The van der Waals surface area contributed by atoms with Crippen LogP contribution in [0, 0.1) is 20.8 Å². The molecular formula is C21H25NO4. The summed E-state index contributed by atoms with van der Waals surface area (Å²) >= 11 is 0. The summed E-state index contributed by atoms with van der Waals surface area (Å²) in [7, 11) is 0. The first-order valence-corrected chi connectivity index (χ1v) is 8.58. The zero-order chi connectivity index (χ0) is 19.3. The highest BCUT2D eigenvalue weighted by atomic mass is 16.5. The second-order valence-corrected chi connectivity index (χ2v) is 6.52. The molecular weight excluding hydrogens is 330 g/mol. The number of carbonyl (C=O) groups excluding carboxylic acids is 2. The Morgan fingerprint density at radius 3 is 2.19 bits per heavy atom. The van der Waals surface area contributed by atoms with E-state index < -0.39 is 0 Å². The zero-order valence-corrected chi connectivity index (χ0v) is 15.9. The van der Waals surface area contributed by atoms with Gasteiger partial charge in [0.2, 0.25) is 0 Å². The number of hydrogen-bond donors (Lipinski definition) is 1. The highest BCUT2D eigenvalue weighted by Crippen LogP contribution is 2.25. The fourth-order valence-corrected chi connectivity index (χ4v) is 2.45. The van der Waals surface area contributed by atoms with Crippen molar-refractivity contribution in [3.63, 3.8) is 0 Å². The summed E-state index contributed by atoms with van der Waals surface area (Å²) in [5.74, 6) is 0.0985. The molecule has 0 unspecified atom stereocenters. The molecule has 26 heavy (non-hydrogen) atoms. The van der Waals surface area contributed by atoms with Crippen LogP contribution in [0.1, 0.15) is 40.9 Å². The highest BCUT2D eigenvalue weighted by molar-refractivity contribution is 5.93. The van der Waals surface area contributed by atoms with Crippen LogP contribution >= 0.6 is 0 Å². The van der Waals surface area contributed by atoms with Gasteiger partial charge >= 0.3 is 5.97 Å². The van der Waals surface area contributed by atoms with Gasteiger partial charge in [-0.05, 0) is 75.6 Å². The van der Waals surface area contributed by atoms with E-state index in [1.54, 1.807) is 38.1 Å². The molecule has 5 nitrogen and oxygen atoms in total. The van der Waals surface area contributed by atoms with Gasteiger partial charge in [-0.3, -0.25) is 4.79 Å². The Balaban J connectivity index is 1.94. The van der Waals surface area contributed by atoms with Crippen LogP contribution < -0.4 is 10.1 Å². The molecule has 2 aromatic carbocycles. The van der Waals surface area contributed by atoms with Gasteiger partial charge in [-0.15, -0.1) is 0 Å². The highest BCUT2D eigenvalue weighted by Gasteiger charge is 2.11. The van der Waals surface area contributed by atoms with Gasteiger partial charge < -0.3 is 14.8 Å². The lowest BCUT2D eigenvalue weighted by Crippen LogP contribution is -2.21. The first-order chi connectivity index (χ1) is 12.3. The van der Waals surface area contributed by atoms with Crippen LogP contribution in [-0.2, 0) is 9.53 Å². The van der Waals surface area contributed by atoms with Crippen LogP contribution in [0.2, 0.25) is 0 Å². The van der Waals surface area contributed by atoms with Gasteiger partial charge in [0, 0.05) is 5.69 Å². The smallest absolute Gasteiger partial charge is 0.338 e. The van der Waals surface area contributed by atoms with Crippen molar-refractivity contribution in [2.75, 3.05) is 11.9 Å². The number of ether oxygens (including phenoxy) is 2. The zero-order valence-electron chi connectivity index (χ0n) is 15.9. The molecule has 0 radical (unpaired) electrons. The number of anilines is 1. The number of esters is 1. The molecule has 0 saturated heterocycles. The van der Waals surface area contributed by atoms with Crippen molar-refractivity contribution >= 4 is 17.6 Å². The monoisotopic (exact) mass is 355 g/mol. The minimum atomic E-state index is -0.383. The van der Waals surface area contributed by atoms with Gasteiger partial charge in [0.25, 0.3) is 5.91 Å². The van der Waals surface area contributed by atoms with Crippen LogP contribution in [0.5, 0.6) is 5.75 Å². The molecule has 5 heteroatoms. The van der Waals surface area contributed by atoms with Crippen LogP contribution in [0.25, 0.3) is 0 Å². The molecule has 1 N–H and O–H groups in total. The summed E-state index contributed by atoms with van der Waals surface area (Å²) in [5.41, 5.74) is 4.19. The van der Waals surface area contributed by atoms with E-state index in [0.717, 1.165) is 22.4 Å². The average molecular weight is 355 g/mol. The van der Waals surface area contributed by atoms with Crippen molar-refractivity contribution < 1.29 is 19.1 Å². The Kier molecular flexibility index (Phi) is 6.39. The lowest BCUT2D eigenvalue weighted by atomic mass is 10.1. The number of nitrogens with one attached hydrogen (secondary N) is 1. The van der Waals surface area contributed by atoms with Crippen molar-refractivity contribution in [3.8, 4) is 5.75 Å². The van der Waals surface area contributed by atoms with Gasteiger partial charge in [-0.1, -0.05) is 12.1 Å². The van der Waals surface area contributed by atoms with Crippen LogP contribution in [0.3, 0.4) is 0 Å². The Bertz CT molecular complexity index is 794. The Labute approximate surface area is 154 Å². The van der Waals surface area contributed by atoms with Gasteiger partial charge in [-0.25, -0.2) is 4.79 Å². The van der Waals surface area contributed by atoms with Crippen molar-refractivity contribution in [1.82, 2.24) is 0 Å². The van der Waals surface area contributed by atoms with E-state index in [1.165, 1.54) is 0 Å². The summed E-state index contributed by atoms with van der Waals surface area (Å²) < 4.78 is 10.8. The topological polar surface area (TPSA) is 64.6 Å².